The van der Waals surface area contributed by atoms with Crippen LogP contribution in [0.4, 0.5) is 0 Å². The van der Waals surface area contributed by atoms with Gasteiger partial charge in [0.15, 0.2) is 0 Å². The number of hydrogen-bond acceptors (Lipinski definition) is 5. The Morgan fingerprint density at radius 1 is 1.18 bits per heavy atom. The quantitative estimate of drug-likeness (QED) is 0.760. The van der Waals surface area contributed by atoms with E-state index in [0.717, 1.165) is 5.56 Å². The SMILES string of the molecule is O=C(NCc1cn(Cc2ccccc2)nn1)c1cnccn1. The molecule has 7 heteroatoms. The van der Waals surface area contributed by atoms with Gasteiger partial charge in [-0.1, -0.05) is 35.5 Å². The molecule has 0 aliphatic carbocycles. The Balaban J connectivity index is 1.57. The highest BCUT2D eigenvalue weighted by Gasteiger charge is 2.08. The van der Waals surface area contributed by atoms with Gasteiger partial charge in [-0.15, -0.1) is 5.10 Å². The minimum Gasteiger partial charge on any atom is -0.345 e. The average molecular weight is 294 g/mol. The summed E-state index contributed by atoms with van der Waals surface area (Å²) < 4.78 is 1.74. The summed E-state index contributed by atoms with van der Waals surface area (Å²) in [7, 11) is 0. The smallest absolute Gasteiger partial charge is 0.271 e. The van der Waals surface area contributed by atoms with Crippen LogP contribution in [0.3, 0.4) is 0 Å². The molecule has 1 N–H and O–H groups in total. The molecule has 0 saturated heterocycles. The minimum absolute atomic E-state index is 0.277. The number of nitrogens with zero attached hydrogens (tertiary/aromatic N) is 5. The number of nitrogens with one attached hydrogen (secondary N) is 1. The van der Waals surface area contributed by atoms with E-state index in [1.54, 1.807) is 4.68 Å². The van der Waals surface area contributed by atoms with Gasteiger partial charge in [0, 0.05) is 12.4 Å². The molecule has 0 atom stereocenters. The lowest BCUT2D eigenvalue weighted by atomic mass is 10.2. The second-order valence-corrected chi connectivity index (χ2v) is 4.67. The average Bonchev–Trinajstić information content (AvgIpc) is 3.02. The van der Waals surface area contributed by atoms with Gasteiger partial charge in [-0.25, -0.2) is 9.67 Å². The molecular weight excluding hydrogens is 280 g/mol. The number of amides is 1. The van der Waals surface area contributed by atoms with Crippen LogP contribution in [0.2, 0.25) is 0 Å². The highest BCUT2D eigenvalue weighted by Crippen LogP contribution is 2.02. The molecular formula is C15H14N6O. The molecule has 0 aliphatic rings. The second-order valence-electron chi connectivity index (χ2n) is 4.67. The molecule has 1 aromatic carbocycles. The summed E-state index contributed by atoms with van der Waals surface area (Å²) in [5.74, 6) is -0.286. The van der Waals surface area contributed by atoms with Crippen molar-refractivity contribution in [1.29, 1.82) is 0 Å². The molecule has 0 spiro atoms. The molecule has 0 unspecified atom stereocenters. The third kappa shape index (κ3) is 3.51. The normalized spacial score (nSPS) is 10.4. The summed E-state index contributed by atoms with van der Waals surface area (Å²) in [6.45, 7) is 0.941. The Hall–Kier alpha value is -3.09. The lowest BCUT2D eigenvalue weighted by Crippen LogP contribution is -2.24. The van der Waals surface area contributed by atoms with Crippen LogP contribution >= 0.6 is 0 Å². The van der Waals surface area contributed by atoms with Crippen molar-refractivity contribution >= 4 is 5.91 Å². The molecule has 0 aliphatic heterocycles. The molecule has 0 radical (unpaired) electrons. The number of benzene rings is 1. The van der Waals surface area contributed by atoms with Gasteiger partial charge >= 0.3 is 0 Å². The van der Waals surface area contributed by atoms with Gasteiger partial charge in [-0.2, -0.15) is 0 Å². The number of carbonyl (C=O) groups excluding carboxylic acids is 1. The molecule has 110 valence electrons. The largest absolute Gasteiger partial charge is 0.345 e. The predicted octanol–water partition coefficient (Wildman–Crippen LogP) is 1.05. The number of carbonyl (C=O) groups is 1. The van der Waals surface area contributed by atoms with Crippen LogP contribution in [-0.4, -0.2) is 30.9 Å². The van der Waals surface area contributed by atoms with Crippen molar-refractivity contribution in [3.63, 3.8) is 0 Å². The first-order valence-electron chi connectivity index (χ1n) is 6.78. The minimum atomic E-state index is -0.286. The molecule has 3 rings (SSSR count). The summed E-state index contributed by atoms with van der Waals surface area (Å²) in [6, 6.07) is 9.98. The molecule has 3 aromatic rings. The number of aromatic nitrogens is 5. The van der Waals surface area contributed by atoms with E-state index >= 15 is 0 Å². The summed E-state index contributed by atoms with van der Waals surface area (Å²) in [6.07, 6.45) is 6.22. The lowest BCUT2D eigenvalue weighted by molar-refractivity contribution is 0.0945. The van der Waals surface area contributed by atoms with Crippen molar-refractivity contribution in [2.75, 3.05) is 0 Å². The Morgan fingerprint density at radius 2 is 2.05 bits per heavy atom. The van der Waals surface area contributed by atoms with Gasteiger partial charge in [0.2, 0.25) is 0 Å². The van der Waals surface area contributed by atoms with Gasteiger partial charge in [-0.05, 0) is 5.56 Å². The zero-order valence-electron chi connectivity index (χ0n) is 11.8. The van der Waals surface area contributed by atoms with Crippen LogP contribution in [-0.2, 0) is 13.1 Å². The van der Waals surface area contributed by atoms with Crippen molar-refractivity contribution in [2.24, 2.45) is 0 Å². The van der Waals surface area contributed by atoms with Crippen molar-refractivity contribution in [2.45, 2.75) is 13.1 Å². The van der Waals surface area contributed by atoms with Crippen LogP contribution in [0.5, 0.6) is 0 Å². The molecule has 2 aromatic heterocycles. The van der Waals surface area contributed by atoms with Gasteiger partial charge in [-0.3, -0.25) is 9.78 Å². The van der Waals surface area contributed by atoms with Crippen molar-refractivity contribution in [3.05, 3.63) is 72.1 Å². The second kappa shape index (κ2) is 6.57. The molecule has 1 amide bonds. The zero-order chi connectivity index (χ0) is 15.2. The fourth-order valence-corrected chi connectivity index (χ4v) is 1.95. The van der Waals surface area contributed by atoms with Gasteiger partial charge in [0.25, 0.3) is 5.91 Å². The molecule has 22 heavy (non-hydrogen) atoms. The summed E-state index contributed by atoms with van der Waals surface area (Å²) in [5, 5.41) is 10.8. The van der Waals surface area contributed by atoms with E-state index < -0.39 is 0 Å². The van der Waals surface area contributed by atoms with E-state index in [0.29, 0.717) is 18.8 Å². The van der Waals surface area contributed by atoms with Crippen molar-refractivity contribution in [3.8, 4) is 0 Å². The van der Waals surface area contributed by atoms with E-state index in [9.17, 15) is 4.79 Å². The number of hydrogen-bond donors (Lipinski definition) is 1. The molecule has 7 nitrogen and oxygen atoms in total. The maximum absolute atomic E-state index is 11.8. The topological polar surface area (TPSA) is 85.6 Å². The van der Waals surface area contributed by atoms with Crippen molar-refractivity contribution < 1.29 is 4.79 Å². The van der Waals surface area contributed by atoms with Crippen LogP contribution in [0, 0.1) is 0 Å². The number of rotatable bonds is 5. The first-order valence-corrected chi connectivity index (χ1v) is 6.78. The summed E-state index contributed by atoms with van der Waals surface area (Å²) in [4.78, 5) is 19.6. The van der Waals surface area contributed by atoms with Crippen molar-refractivity contribution in [1.82, 2.24) is 30.3 Å². The first kappa shape index (κ1) is 13.9. The monoisotopic (exact) mass is 294 g/mol. The standard InChI is InChI=1S/C15H14N6O/c22-15(14-9-16-6-7-17-14)18-8-13-11-21(20-19-13)10-12-4-2-1-3-5-12/h1-7,9,11H,8,10H2,(H,18,22). The highest BCUT2D eigenvalue weighted by molar-refractivity contribution is 5.91. The Kier molecular flexibility index (Phi) is 4.15. The lowest BCUT2D eigenvalue weighted by Gasteiger charge is -2.01. The van der Waals surface area contributed by atoms with E-state index in [2.05, 4.69) is 25.6 Å². The van der Waals surface area contributed by atoms with Crippen LogP contribution in [0.25, 0.3) is 0 Å². The van der Waals surface area contributed by atoms with Gasteiger partial charge in [0.1, 0.15) is 11.4 Å². The third-order valence-corrected chi connectivity index (χ3v) is 3.00. The van der Waals surface area contributed by atoms with E-state index in [4.69, 9.17) is 0 Å². The Morgan fingerprint density at radius 3 is 2.82 bits per heavy atom. The molecule has 0 fully saturated rings. The molecule has 2 heterocycles. The Labute approximate surface area is 127 Å². The Bertz CT molecular complexity index is 741. The van der Waals surface area contributed by atoms with E-state index in [-0.39, 0.29) is 11.6 Å². The fraction of sp³-hybridized carbons (Fsp3) is 0.133. The third-order valence-electron chi connectivity index (χ3n) is 3.00. The summed E-state index contributed by atoms with van der Waals surface area (Å²) in [5.41, 5.74) is 2.11. The highest BCUT2D eigenvalue weighted by atomic mass is 16.1. The van der Waals surface area contributed by atoms with E-state index in [1.807, 2.05) is 36.5 Å². The molecule has 0 bridgehead atoms. The zero-order valence-corrected chi connectivity index (χ0v) is 11.8. The predicted molar refractivity (Wildman–Crippen MR) is 78.8 cm³/mol. The van der Waals surface area contributed by atoms with Gasteiger partial charge in [0.05, 0.1) is 25.5 Å². The van der Waals surface area contributed by atoms with Gasteiger partial charge < -0.3 is 5.32 Å². The fourth-order valence-electron chi connectivity index (χ4n) is 1.95. The maximum atomic E-state index is 11.8. The molecule has 0 saturated carbocycles. The van der Waals surface area contributed by atoms with Crippen LogP contribution in [0.15, 0.2) is 55.1 Å². The maximum Gasteiger partial charge on any atom is 0.271 e. The summed E-state index contributed by atoms with van der Waals surface area (Å²) >= 11 is 0. The van der Waals surface area contributed by atoms with E-state index in [1.165, 1.54) is 18.6 Å². The van der Waals surface area contributed by atoms with Crippen LogP contribution < -0.4 is 5.32 Å². The van der Waals surface area contributed by atoms with Crippen LogP contribution in [0.1, 0.15) is 21.7 Å². The first-order chi connectivity index (χ1) is 10.8.